The minimum Gasteiger partial charge on any atom is -0.396 e. The largest absolute Gasteiger partial charge is 0.396 e. The molecule has 1 fully saturated rings. The Hall–Kier alpha value is -0.420. The van der Waals surface area contributed by atoms with Gasteiger partial charge in [-0.05, 0) is 37.2 Å². The van der Waals surface area contributed by atoms with Gasteiger partial charge in [0.25, 0.3) is 0 Å². The van der Waals surface area contributed by atoms with Crippen LogP contribution in [-0.4, -0.2) is 43.4 Å². The van der Waals surface area contributed by atoms with Gasteiger partial charge in [0, 0.05) is 17.6 Å². The van der Waals surface area contributed by atoms with Gasteiger partial charge in [0.2, 0.25) is 0 Å². The van der Waals surface area contributed by atoms with E-state index in [1.165, 1.54) is 11.1 Å². The van der Waals surface area contributed by atoms with E-state index >= 15 is 0 Å². The Labute approximate surface area is 117 Å². The average Bonchev–Trinajstić information content (AvgIpc) is 2.28. The van der Waals surface area contributed by atoms with Crippen molar-refractivity contribution in [3.05, 3.63) is 33.8 Å². The lowest BCUT2D eigenvalue weighted by atomic mass is 9.86. The smallest absolute Gasteiger partial charge is 0.0579 e. The van der Waals surface area contributed by atoms with Gasteiger partial charge in [0.1, 0.15) is 0 Å². The summed E-state index contributed by atoms with van der Waals surface area (Å²) in [5.74, 6) is 0. The third kappa shape index (κ3) is 3.12. The number of ether oxygens (including phenoxy) is 1. The van der Waals surface area contributed by atoms with Crippen LogP contribution in [0.1, 0.15) is 11.1 Å². The number of benzene rings is 1. The highest BCUT2D eigenvalue weighted by molar-refractivity contribution is 9.10. The van der Waals surface area contributed by atoms with E-state index in [4.69, 9.17) is 4.74 Å². The van der Waals surface area contributed by atoms with Crippen LogP contribution in [-0.2, 0) is 11.3 Å². The third-order valence-electron chi connectivity index (χ3n) is 3.51. The summed E-state index contributed by atoms with van der Waals surface area (Å²) in [7, 11) is 2.09. The quantitative estimate of drug-likeness (QED) is 0.904. The van der Waals surface area contributed by atoms with Gasteiger partial charge in [-0.2, -0.15) is 0 Å². The average molecular weight is 314 g/mol. The van der Waals surface area contributed by atoms with E-state index in [-0.39, 0.29) is 12.0 Å². The molecule has 1 aromatic carbocycles. The van der Waals surface area contributed by atoms with Crippen molar-refractivity contribution in [2.75, 3.05) is 33.4 Å². The summed E-state index contributed by atoms with van der Waals surface area (Å²) in [6, 6.07) is 6.35. The highest BCUT2D eigenvalue weighted by Gasteiger charge is 2.38. The zero-order chi connectivity index (χ0) is 13.2. The summed E-state index contributed by atoms with van der Waals surface area (Å²) >= 11 is 3.51. The standard InChI is InChI=1S/C14H20BrNO2/c1-11-3-4-13(15)5-12(11)6-16(2)7-14(8-17)9-18-10-14/h3-5,17H,6-10H2,1-2H3. The zero-order valence-corrected chi connectivity index (χ0v) is 12.5. The molecule has 0 saturated carbocycles. The fraction of sp³-hybridized carbons (Fsp3) is 0.571. The maximum atomic E-state index is 9.44. The summed E-state index contributed by atoms with van der Waals surface area (Å²) in [5, 5.41) is 9.44. The van der Waals surface area contributed by atoms with Crippen LogP contribution in [0, 0.1) is 12.3 Å². The molecule has 1 heterocycles. The van der Waals surface area contributed by atoms with Crippen molar-refractivity contribution >= 4 is 15.9 Å². The van der Waals surface area contributed by atoms with Crippen LogP contribution in [0.2, 0.25) is 0 Å². The molecule has 0 amide bonds. The van der Waals surface area contributed by atoms with Gasteiger partial charge in [-0.25, -0.2) is 0 Å². The third-order valence-corrected chi connectivity index (χ3v) is 4.00. The second-order valence-corrected chi connectivity index (χ2v) is 6.31. The minimum atomic E-state index is -0.0470. The van der Waals surface area contributed by atoms with Crippen LogP contribution in [0.15, 0.2) is 22.7 Å². The fourth-order valence-electron chi connectivity index (χ4n) is 2.35. The van der Waals surface area contributed by atoms with Gasteiger partial charge in [-0.3, -0.25) is 0 Å². The molecule has 0 aromatic heterocycles. The topological polar surface area (TPSA) is 32.7 Å². The first-order valence-corrected chi connectivity index (χ1v) is 6.96. The van der Waals surface area contributed by atoms with Gasteiger partial charge in [0.15, 0.2) is 0 Å². The molecule has 2 rings (SSSR count). The molecule has 1 aromatic rings. The second-order valence-electron chi connectivity index (χ2n) is 5.39. The van der Waals surface area contributed by atoms with Crippen molar-refractivity contribution < 1.29 is 9.84 Å². The van der Waals surface area contributed by atoms with Crippen LogP contribution in [0.25, 0.3) is 0 Å². The molecule has 0 atom stereocenters. The SMILES string of the molecule is Cc1ccc(Br)cc1CN(C)CC1(CO)COC1. The number of rotatable bonds is 5. The van der Waals surface area contributed by atoms with E-state index in [1.807, 2.05) is 0 Å². The van der Waals surface area contributed by atoms with E-state index in [1.54, 1.807) is 0 Å². The van der Waals surface area contributed by atoms with Gasteiger partial charge < -0.3 is 14.7 Å². The van der Waals surface area contributed by atoms with Crippen LogP contribution in [0.3, 0.4) is 0 Å². The van der Waals surface area contributed by atoms with Gasteiger partial charge in [-0.15, -0.1) is 0 Å². The summed E-state index contributed by atoms with van der Waals surface area (Å²) in [4.78, 5) is 2.26. The highest BCUT2D eigenvalue weighted by atomic mass is 79.9. The molecule has 0 aliphatic carbocycles. The Bertz CT molecular complexity index is 413. The maximum Gasteiger partial charge on any atom is 0.0579 e. The van der Waals surface area contributed by atoms with Crippen molar-refractivity contribution in [3.63, 3.8) is 0 Å². The summed E-state index contributed by atoms with van der Waals surface area (Å²) in [5.41, 5.74) is 2.57. The van der Waals surface area contributed by atoms with E-state index < -0.39 is 0 Å². The monoisotopic (exact) mass is 313 g/mol. The molecule has 1 N–H and O–H groups in total. The number of hydrogen-bond donors (Lipinski definition) is 1. The Balaban J connectivity index is 1.98. The first-order chi connectivity index (χ1) is 8.54. The molecule has 1 aliphatic rings. The molecule has 18 heavy (non-hydrogen) atoms. The molecule has 1 saturated heterocycles. The number of aliphatic hydroxyl groups excluding tert-OH is 1. The van der Waals surface area contributed by atoms with Crippen LogP contribution < -0.4 is 0 Å². The van der Waals surface area contributed by atoms with Crippen molar-refractivity contribution in [3.8, 4) is 0 Å². The van der Waals surface area contributed by atoms with E-state index in [9.17, 15) is 5.11 Å². The predicted octanol–water partition coefficient (Wildman–Crippen LogP) is 2.20. The molecule has 4 heteroatoms. The molecule has 0 spiro atoms. The van der Waals surface area contributed by atoms with Crippen LogP contribution in [0.4, 0.5) is 0 Å². The molecule has 0 bridgehead atoms. The Morgan fingerprint density at radius 3 is 2.72 bits per heavy atom. The van der Waals surface area contributed by atoms with Crippen molar-refractivity contribution in [2.24, 2.45) is 5.41 Å². The second kappa shape index (κ2) is 5.70. The first kappa shape index (κ1) is 14.0. The van der Waals surface area contributed by atoms with Gasteiger partial charge in [-0.1, -0.05) is 22.0 Å². The van der Waals surface area contributed by atoms with E-state index in [2.05, 4.69) is 53.0 Å². The molecular weight excluding hydrogens is 294 g/mol. The number of nitrogens with zero attached hydrogens (tertiary/aromatic N) is 1. The van der Waals surface area contributed by atoms with E-state index in [0.29, 0.717) is 13.2 Å². The number of aliphatic hydroxyl groups is 1. The number of aryl methyl sites for hydroxylation is 1. The molecule has 0 radical (unpaired) electrons. The summed E-state index contributed by atoms with van der Waals surface area (Å²) in [6.45, 7) is 5.44. The predicted molar refractivity (Wildman–Crippen MR) is 75.6 cm³/mol. The Morgan fingerprint density at radius 2 is 2.17 bits per heavy atom. The Kier molecular flexibility index (Phi) is 4.43. The summed E-state index contributed by atoms with van der Waals surface area (Å²) < 4.78 is 6.34. The van der Waals surface area contributed by atoms with Crippen molar-refractivity contribution in [1.29, 1.82) is 0 Å². The normalized spacial score (nSPS) is 17.8. The van der Waals surface area contributed by atoms with Gasteiger partial charge in [0.05, 0.1) is 25.2 Å². The lowest BCUT2D eigenvalue weighted by molar-refractivity contribution is -0.147. The maximum absolute atomic E-state index is 9.44. The lowest BCUT2D eigenvalue weighted by Crippen LogP contribution is -2.52. The van der Waals surface area contributed by atoms with Crippen molar-refractivity contribution in [2.45, 2.75) is 13.5 Å². The molecule has 1 aliphatic heterocycles. The molecule has 100 valence electrons. The lowest BCUT2D eigenvalue weighted by Gasteiger charge is -2.42. The number of halogens is 1. The highest BCUT2D eigenvalue weighted by Crippen LogP contribution is 2.28. The minimum absolute atomic E-state index is 0.0470. The molecule has 0 unspecified atom stereocenters. The van der Waals surface area contributed by atoms with Crippen LogP contribution in [0.5, 0.6) is 0 Å². The fourth-order valence-corrected chi connectivity index (χ4v) is 2.76. The molecule has 3 nitrogen and oxygen atoms in total. The van der Waals surface area contributed by atoms with Gasteiger partial charge >= 0.3 is 0 Å². The van der Waals surface area contributed by atoms with Crippen LogP contribution >= 0.6 is 15.9 Å². The number of hydrogen-bond acceptors (Lipinski definition) is 3. The first-order valence-electron chi connectivity index (χ1n) is 6.17. The zero-order valence-electron chi connectivity index (χ0n) is 10.9. The van der Waals surface area contributed by atoms with E-state index in [0.717, 1.165) is 17.6 Å². The summed E-state index contributed by atoms with van der Waals surface area (Å²) in [6.07, 6.45) is 0. The van der Waals surface area contributed by atoms with Crippen molar-refractivity contribution in [1.82, 2.24) is 4.90 Å². The Morgan fingerprint density at radius 1 is 1.44 bits per heavy atom. The molecular formula is C14H20BrNO2.